The predicted molar refractivity (Wildman–Crippen MR) is 155 cm³/mol. The van der Waals surface area contributed by atoms with Crippen molar-refractivity contribution < 1.29 is 4.79 Å². The molecule has 9 nitrogen and oxygen atoms in total. The molecule has 40 heavy (non-hydrogen) atoms. The molecule has 1 atom stereocenters. The number of hydrogen-bond donors (Lipinski definition) is 1. The van der Waals surface area contributed by atoms with E-state index < -0.39 is 6.04 Å². The van der Waals surface area contributed by atoms with Crippen molar-refractivity contribution in [1.82, 2.24) is 34.3 Å². The number of benzene rings is 2. The molecule has 9 heteroatoms. The van der Waals surface area contributed by atoms with Crippen molar-refractivity contribution in [3.05, 3.63) is 124 Å². The number of pyridine rings is 1. The Morgan fingerprint density at radius 1 is 0.975 bits per heavy atom. The third-order valence-corrected chi connectivity index (χ3v) is 6.88. The van der Waals surface area contributed by atoms with Gasteiger partial charge in [-0.3, -0.25) is 18.8 Å². The van der Waals surface area contributed by atoms with Crippen LogP contribution in [0.4, 0.5) is 0 Å². The van der Waals surface area contributed by atoms with E-state index in [4.69, 9.17) is 0 Å². The van der Waals surface area contributed by atoms with E-state index in [9.17, 15) is 9.59 Å². The minimum absolute atomic E-state index is 0.171. The van der Waals surface area contributed by atoms with Crippen LogP contribution < -0.4 is 10.9 Å². The van der Waals surface area contributed by atoms with Crippen molar-refractivity contribution in [3.8, 4) is 5.69 Å². The molecule has 0 aliphatic carbocycles. The summed E-state index contributed by atoms with van der Waals surface area (Å²) in [5.41, 5.74) is 4.24. The fourth-order valence-electron chi connectivity index (χ4n) is 5.01. The van der Waals surface area contributed by atoms with Crippen LogP contribution in [0.3, 0.4) is 0 Å². The van der Waals surface area contributed by atoms with Crippen LogP contribution in [0.25, 0.3) is 34.3 Å². The molecule has 0 spiro atoms. The molecule has 198 valence electrons. The molecule has 6 rings (SSSR count). The van der Waals surface area contributed by atoms with Crippen LogP contribution in [0.2, 0.25) is 0 Å². The van der Waals surface area contributed by atoms with Crippen LogP contribution in [0.5, 0.6) is 0 Å². The molecular formula is C31H27N7O2. The van der Waals surface area contributed by atoms with E-state index in [2.05, 4.69) is 20.5 Å². The monoisotopic (exact) mass is 529 g/mol. The Hall–Kier alpha value is -5.31. The molecule has 0 unspecified atom stereocenters. The van der Waals surface area contributed by atoms with E-state index >= 15 is 0 Å². The van der Waals surface area contributed by atoms with Crippen LogP contribution in [-0.2, 0) is 7.05 Å². The summed E-state index contributed by atoms with van der Waals surface area (Å²) in [6.45, 7) is 3.65. The number of carbonyl (C=O) groups is 1. The van der Waals surface area contributed by atoms with Crippen LogP contribution in [0.15, 0.2) is 90.1 Å². The Bertz CT molecular complexity index is 1970. The molecule has 1 amide bonds. The number of aromatic nitrogens is 6. The Labute approximate surface area is 230 Å². The zero-order chi connectivity index (χ0) is 27.8. The van der Waals surface area contributed by atoms with Crippen molar-refractivity contribution in [2.45, 2.75) is 19.9 Å². The van der Waals surface area contributed by atoms with Gasteiger partial charge in [0, 0.05) is 37.0 Å². The fourth-order valence-corrected chi connectivity index (χ4v) is 5.01. The normalized spacial score (nSPS) is 12.4. The lowest BCUT2D eigenvalue weighted by molar-refractivity contribution is 0.0939. The van der Waals surface area contributed by atoms with Crippen LogP contribution in [-0.4, -0.2) is 34.9 Å². The van der Waals surface area contributed by atoms with Crippen molar-refractivity contribution in [1.29, 1.82) is 0 Å². The molecule has 0 saturated heterocycles. The molecular weight excluding hydrogens is 502 g/mol. The number of hydrogen-bond acceptors (Lipinski definition) is 5. The standard InChI is InChI=1S/C31H27N7O2/c1-20(33-30(39)27-21(2)34-37-17-8-16-32-29(27)37)26-19-23-10-7-9-22(13-14-24-15-18-36(3)35-24)28(23)31(40)38(26)25-11-5-4-6-12-25/h4-20H,1-3H3,(H,33,39)/b14-13+/t20-/m1/s1. The van der Waals surface area contributed by atoms with Gasteiger partial charge in [-0.1, -0.05) is 42.5 Å². The zero-order valence-electron chi connectivity index (χ0n) is 22.3. The number of rotatable bonds is 6. The maximum Gasteiger partial charge on any atom is 0.263 e. The number of nitrogens with zero attached hydrogens (tertiary/aromatic N) is 6. The highest BCUT2D eigenvalue weighted by Gasteiger charge is 2.23. The SMILES string of the molecule is Cc1nn2cccnc2c1C(=O)N[C@H](C)c1cc2cccc(/C=C/c3ccn(C)n3)c2c(=O)n1-c1ccccc1. The molecule has 0 saturated carbocycles. The Balaban J connectivity index is 1.46. The Morgan fingerprint density at radius 3 is 2.58 bits per heavy atom. The van der Waals surface area contributed by atoms with Gasteiger partial charge >= 0.3 is 0 Å². The van der Waals surface area contributed by atoms with E-state index in [1.807, 2.05) is 93.0 Å². The molecule has 0 bridgehead atoms. The summed E-state index contributed by atoms with van der Waals surface area (Å²) >= 11 is 0. The van der Waals surface area contributed by atoms with Crippen molar-refractivity contribution in [2.75, 3.05) is 0 Å². The van der Waals surface area contributed by atoms with E-state index in [0.717, 1.165) is 16.6 Å². The summed E-state index contributed by atoms with van der Waals surface area (Å²) in [5, 5.41) is 13.3. The third-order valence-electron chi connectivity index (χ3n) is 6.88. The van der Waals surface area contributed by atoms with E-state index in [1.54, 1.807) is 39.1 Å². The predicted octanol–water partition coefficient (Wildman–Crippen LogP) is 4.74. The van der Waals surface area contributed by atoms with Crippen molar-refractivity contribution >= 4 is 34.5 Å². The summed E-state index contributed by atoms with van der Waals surface area (Å²) in [7, 11) is 1.86. The summed E-state index contributed by atoms with van der Waals surface area (Å²) in [6, 6.07) is 20.4. The maximum absolute atomic E-state index is 14.2. The first-order chi connectivity index (χ1) is 19.4. The Morgan fingerprint density at radius 2 is 1.80 bits per heavy atom. The lowest BCUT2D eigenvalue weighted by atomic mass is 10.0. The van der Waals surface area contributed by atoms with Gasteiger partial charge in [-0.05, 0) is 61.2 Å². The quantitative estimate of drug-likeness (QED) is 0.336. The van der Waals surface area contributed by atoms with Gasteiger partial charge in [0.25, 0.3) is 11.5 Å². The molecule has 0 aliphatic heterocycles. The van der Waals surface area contributed by atoms with E-state index in [-0.39, 0.29) is 11.5 Å². The highest BCUT2D eigenvalue weighted by molar-refractivity contribution is 6.01. The van der Waals surface area contributed by atoms with Gasteiger partial charge in [0.15, 0.2) is 5.65 Å². The van der Waals surface area contributed by atoms with Gasteiger partial charge in [-0.25, -0.2) is 9.50 Å². The van der Waals surface area contributed by atoms with Gasteiger partial charge in [0.05, 0.1) is 22.8 Å². The van der Waals surface area contributed by atoms with Gasteiger partial charge < -0.3 is 5.32 Å². The van der Waals surface area contributed by atoms with E-state index in [0.29, 0.717) is 33.7 Å². The average Bonchev–Trinajstić information content (AvgIpc) is 3.53. The second kappa shape index (κ2) is 10.1. The number of nitrogens with one attached hydrogen (secondary N) is 1. The molecule has 0 fully saturated rings. The molecule has 4 aromatic heterocycles. The van der Waals surface area contributed by atoms with Crippen LogP contribution >= 0.6 is 0 Å². The average molecular weight is 530 g/mol. The number of amides is 1. The van der Waals surface area contributed by atoms with Crippen LogP contribution in [0, 0.1) is 6.92 Å². The number of para-hydroxylation sites is 1. The first kappa shape index (κ1) is 25.0. The van der Waals surface area contributed by atoms with Gasteiger partial charge in [0.1, 0.15) is 5.56 Å². The molecule has 0 radical (unpaired) electrons. The van der Waals surface area contributed by atoms with Gasteiger partial charge in [-0.15, -0.1) is 0 Å². The molecule has 1 N–H and O–H groups in total. The third kappa shape index (κ3) is 4.47. The minimum Gasteiger partial charge on any atom is -0.344 e. The smallest absolute Gasteiger partial charge is 0.263 e. The first-order valence-electron chi connectivity index (χ1n) is 12.9. The number of aryl methyl sites for hydroxylation is 2. The Kier molecular flexibility index (Phi) is 6.31. The number of fused-ring (bicyclic) bond motifs is 2. The van der Waals surface area contributed by atoms with Gasteiger partial charge in [-0.2, -0.15) is 10.2 Å². The largest absolute Gasteiger partial charge is 0.344 e. The summed E-state index contributed by atoms with van der Waals surface area (Å²) in [6.07, 6.45) is 9.06. The molecule has 4 heterocycles. The first-order valence-corrected chi connectivity index (χ1v) is 12.9. The van der Waals surface area contributed by atoms with Crippen molar-refractivity contribution in [2.24, 2.45) is 7.05 Å². The molecule has 0 aliphatic rings. The lowest BCUT2D eigenvalue weighted by Gasteiger charge is -2.21. The molecule has 2 aromatic carbocycles. The van der Waals surface area contributed by atoms with E-state index in [1.165, 1.54) is 0 Å². The second-order valence-electron chi connectivity index (χ2n) is 9.65. The summed E-state index contributed by atoms with van der Waals surface area (Å²) in [4.78, 5) is 32.0. The second-order valence-corrected chi connectivity index (χ2v) is 9.65. The topological polar surface area (TPSA) is 99.1 Å². The summed E-state index contributed by atoms with van der Waals surface area (Å²) in [5.74, 6) is -0.307. The highest BCUT2D eigenvalue weighted by Crippen LogP contribution is 2.25. The molecule has 6 aromatic rings. The van der Waals surface area contributed by atoms with Gasteiger partial charge in [0.2, 0.25) is 0 Å². The maximum atomic E-state index is 14.2. The van der Waals surface area contributed by atoms with Crippen LogP contribution in [0.1, 0.15) is 46.0 Å². The fraction of sp³-hybridized carbons (Fsp3) is 0.129. The van der Waals surface area contributed by atoms with Crippen molar-refractivity contribution in [3.63, 3.8) is 0 Å². The number of carbonyl (C=O) groups excluding carboxylic acids is 1. The zero-order valence-corrected chi connectivity index (χ0v) is 22.3. The minimum atomic E-state index is -0.504. The highest BCUT2D eigenvalue weighted by atomic mass is 16.2. The lowest BCUT2D eigenvalue weighted by Crippen LogP contribution is -2.32. The summed E-state index contributed by atoms with van der Waals surface area (Å²) < 4.78 is 5.00.